The van der Waals surface area contributed by atoms with Gasteiger partial charge in [0.1, 0.15) is 11.4 Å². The van der Waals surface area contributed by atoms with Crippen molar-refractivity contribution in [3.63, 3.8) is 0 Å². The van der Waals surface area contributed by atoms with Crippen LogP contribution in [0.2, 0.25) is 0 Å². The van der Waals surface area contributed by atoms with E-state index in [4.69, 9.17) is 4.74 Å². The molecule has 5 heteroatoms. The van der Waals surface area contributed by atoms with Crippen LogP contribution in [-0.2, 0) is 6.54 Å². The Morgan fingerprint density at radius 2 is 1.74 bits per heavy atom. The van der Waals surface area contributed by atoms with E-state index in [-0.39, 0.29) is 5.91 Å². The van der Waals surface area contributed by atoms with Crippen LogP contribution in [0.3, 0.4) is 0 Å². The fraction of sp³-hybridized carbons (Fsp3) is 0.182. The third-order valence-electron chi connectivity index (χ3n) is 4.37. The topological polar surface area (TPSA) is 63.2 Å². The minimum Gasteiger partial charge on any atom is -0.497 e. The number of carbonyl (C=O) groups excluding carboxylic acids is 1. The second-order valence-electron chi connectivity index (χ2n) is 6.35. The molecule has 0 bridgehead atoms. The van der Waals surface area contributed by atoms with Crippen molar-refractivity contribution in [1.29, 1.82) is 0 Å². The van der Waals surface area contributed by atoms with Gasteiger partial charge in [-0.3, -0.25) is 9.78 Å². The van der Waals surface area contributed by atoms with Gasteiger partial charge in [0.15, 0.2) is 0 Å². The van der Waals surface area contributed by atoms with Gasteiger partial charge in [-0.1, -0.05) is 30.3 Å². The second-order valence-corrected chi connectivity index (χ2v) is 6.35. The van der Waals surface area contributed by atoms with E-state index in [2.05, 4.69) is 15.6 Å². The first-order chi connectivity index (χ1) is 13.1. The molecule has 2 N–H and O–H groups in total. The number of rotatable bonds is 6. The number of aromatic nitrogens is 1. The average Bonchev–Trinajstić information content (AvgIpc) is 2.70. The van der Waals surface area contributed by atoms with Crippen molar-refractivity contribution in [2.75, 3.05) is 17.7 Å². The number of para-hydroxylation sites is 1. The van der Waals surface area contributed by atoms with Crippen LogP contribution in [0, 0.1) is 13.8 Å². The van der Waals surface area contributed by atoms with Crippen LogP contribution in [0.5, 0.6) is 5.75 Å². The number of carbonyl (C=O) groups is 1. The van der Waals surface area contributed by atoms with E-state index in [1.54, 1.807) is 19.4 Å². The number of benzene rings is 2. The van der Waals surface area contributed by atoms with Crippen molar-refractivity contribution >= 4 is 17.3 Å². The zero-order valence-electron chi connectivity index (χ0n) is 15.7. The molecule has 1 heterocycles. The Balaban J connectivity index is 1.68. The zero-order chi connectivity index (χ0) is 19.2. The number of pyridine rings is 1. The maximum absolute atomic E-state index is 12.6. The molecule has 3 aromatic rings. The molecule has 0 aliphatic heterocycles. The van der Waals surface area contributed by atoms with Crippen molar-refractivity contribution in [1.82, 2.24) is 4.98 Å². The monoisotopic (exact) mass is 361 g/mol. The Bertz CT molecular complexity index is 916. The van der Waals surface area contributed by atoms with Crippen LogP contribution >= 0.6 is 0 Å². The number of amides is 1. The summed E-state index contributed by atoms with van der Waals surface area (Å²) in [6.07, 6.45) is 1.63. The maximum atomic E-state index is 12.6. The van der Waals surface area contributed by atoms with Crippen molar-refractivity contribution in [2.45, 2.75) is 20.4 Å². The van der Waals surface area contributed by atoms with E-state index in [0.29, 0.717) is 12.2 Å². The molecule has 1 aromatic heterocycles. The van der Waals surface area contributed by atoms with Gasteiger partial charge in [-0.05, 0) is 54.8 Å². The summed E-state index contributed by atoms with van der Waals surface area (Å²) in [6, 6.07) is 17.4. The first-order valence-electron chi connectivity index (χ1n) is 8.77. The molecule has 0 saturated heterocycles. The third kappa shape index (κ3) is 4.64. The first-order valence-corrected chi connectivity index (χ1v) is 8.77. The molecule has 0 aliphatic rings. The largest absolute Gasteiger partial charge is 0.497 e. The molecule has 1 amide bonds. The van der Waals surface area contributed by atoms with E-state index in [9.17, 15) is 4.79 Å². The van der Waals surface area contributed by atoms with Crippen molar-refractivity contribution in [3.8, 4) is 5.75 Å². The Morgan fingerprint density at radius 3 is 2.41 bits per heavy atom. The molecular formula is C22H23N3O2. The van der Waals surface area contributed by atoms with Gasteiger partial charge in [0.2, 0.25) is 0 Å². The van der Waals surface area contributed by atoms with Gasteiger partial charge >= 0.3 is 0 Å². The van der Waals surface area contributed by atoms with Gasteiger partial charge in [-0.2, -0.15) is 0 Å². The third-order valence-corrected chi connectivity index (χ3v) is 4.37. The Morgan fingerprint density at radius 1 is 1.04 bits per heavy atom. The predicted molar refractivity (Wildman–Crippen MR) is 108 cm³/mol. The lowest BCUT2D eigenvalue weighted by molar-refractivity contribution is 0.102. The molecule has 0 aliphatic carbocycles. The highest BCUT2D eigenvalue weighted by Gasteiger charge is 2.11. The summed E-state index contributed by atoms with van der Waals surface area (Å²) in [5.74, 6) is 0.605. The quantitative estimate of drug-likeness (QED) is 0.675. The van der Waals surface area contributed by atoms with Crippen molar-refractivity contribution < 1.29 is 9.53 Å². The predicted octanol–water partition coefficient (Wildman–Crippen LogP) is 4.57. The molecular weight excluding hydrogens is 338 g/mol. The van der Waals surface area contributed by atoms with Gasteiger partial charge in [-0.15, -0.1) is 0 Å². The van der Waals surface area contributed by atoms with Crippen LogP contribution in [-0.4, -0.2) is 18.0 Å². The second kappa shape index (κ2) is 8.36. The summed E-state index contributed by atoms with van der Waals surface area (Å²) in [6.45, 7) is 4.59. The number of nitrogens with zero attached hydrogens (tertiary/aromatic N) is 1. The maximum Gasteiger partial charge on any atom is 0.274 e. The Labute approximate surface area is 159 Å². The number of nitrogens with one attached hydrogen (secondary N) is 2. The van der Waals surface area contributed by atoms with Crippen molar-refractivity contribution in [2.24, 2.45) is 0 Å². The van der Waals surface area contributed by atoms with Crippen LogP contribution < -0.4 is 15.4 Å². The molecule has 27 heavy (non-hydrogen) atoms. The fourth-order valence-electron chi connectivity index (χ4n) is 2.80. The zero-order valence-corrected chi connectivity index (χ0v) is 15.7. The highest BCUT2D eigenvalue weighted by molar-refractivity contribution is 6.04. The molecule has 0 fully saturated rings. The summed E-state index contributed by atoms with van der Waals surface area (Å²) in [7, 11) is 1.65. The smallest absolute Gasteiger partial charge is 0.274 e. The van der Waals surface area contributed by atoms with Crippen LogP contribution in [0.1, 0.15) is 27.2 Å². The minimum atomic E-state index is -0.222. The van der Waals surface area contributed by atoms with Gasteiger partial charge in [0.25, 0.3) is 5.91 Å². The van der Waals surface area contributed by atoms with E-state index >= 15 is 0 Å². The molecule has 2 aromatic carbocycles. The van der Waals surface area contributed by atoms with Crippen LogP contribution in [0.4, 0.5) is 11.4 Å². The lowest BCUT2D eigenvalue weighted by Gasteiger charge is -2.12. The number of methoxy groups -OCH3 is 1. The molecule has 0 unspecified atom stereocenters. The number of aryl methyl sites for hydroxylation is 2. The normalized spacial score (nSPS) is 10.3. The first kappa shape index (κ1) is 18.5. The number of hydrogen-bond donors (Lipinski definition) is 2. The van der Waals surface area contributed by atoms with E-state index in [1.165, 1.54) is 0 Å². The molecule has 0 radical (unpaired) electrons. The highest BCUT2D eigenvalue weighted by Crippen LogP contribution is 2.20. The van der Waals surface area contributed by atoms with Gasteiger partial charge in [0, 0.05) is 24.1 Å². The van der Waals surface area contributed by atoms with Gasteiger partial charge in [0.05, 0.1) is 7.11 Å². The van der Waals surface area contributed by atoms with E-state index in [0.717, 1.165) is 33.8 Å². The van der Waals surface area contributed by atoms with Crippen LogP contribution in [0.25, 0.3) is 0 Å². The lowest BCUT2D eigenvalue weighted by atomic mass is 10.1. The number of anilines is 2. The molecule has 3 rings (SSSR count). The van der Waals surface area contributed by atoms with Crippen molar-refractivity contribution in [3.05, 3.63) is 83.2 Å². The summed E-state index contributed by atoms with van der Waals surface area (Å²) in [4.78, 5) is 16.8. The summed E-state index contributed by atoms with van der Waals surface area (Å²) < 4.78 is 5.17. The van der Waals surface area contributed by atoms with Gasteiger partial charge in [-0.25, -0.2) is 0 Å². The van der Waals surface area contributed by atoms with Crippen LogP contribution in [0.15, 0.2) is 60.8 Å². The molecule has 5 nitrogen and oxygen atoms in total. The highest BCUT2D eigenvalue weighted by atomic mass is 16.5. The molecule has 138 valence electrons. The summed E-state index contributed by atoms with van der Waals surface area (Å²) >= 11 is 0. The minimum absolute atomic E-state index is 0.222. The summed E-state index contributed by atoms with van der Waals surface area (Å²) in [5.41, 5.74) is 5.22. The fourth-order valence-corrected chi connectivity index (χ4v) is 2.80. The molecule has 0 atom stereocenters. The standard InChI is InChI=1S/C22H23N3O2/c1-15-5-4-6-16(2)21(15)25-22(26)20-13-18(11-12-23-20)24-14-17-7-9-19(27-3)10-8-17/h4-13H,14H2,1-3H3,(H,23,24)(H,25,26). The number of ether oxygens (including phenoxy) is 1. The van der Waals surface area contributed by atoms with E-state index in [1.807, 2.05) is 62.4 Å². The molecule has 0 saturated carbocycles. The van der Waals surface area contributed by atoms with Gasteiger partial charge < -0.3 is 15.4 Å². The summed E-state index contributed by atoms with van der Waals surface area (Å²) in [5, 5.41) is 6.28. The molecule has 0 spiro atoms. The lowest BCUT2D eigenvalue weighted by Crippen LogP contribution is -2.15. The average molecular weight is 361 g/mol. The SMILES string of the molecule is COc1ccc(CNc2ccnc(C(=O)Nc3c(C)cccc3C)c2)cc1. The number of hydrogen-bond acceptors (Lipinski definition) is 4. The Hall–Kier alpha value is -3.34. The van der Waals surface area contributed by atoms with E-state index < -0.39 is 0 Å². The Kier molecular flexibility index (Phi) is 5.71.